The molecule has 1 aromatic carbocycles. The van der Waals surface area contributed by atoms with Crippen LogP contribution < -0.4 is 10.1 Å². The molecule has 0 saturated carbocycles. The predicted molar refractivity (Wildman–Crippen MR) is 222 cm³/mol. The van der Waals surface area contributed by atoms with Crippen LogP contribution in [0.25, 0.3) is 0 Å². The van der Waals surface area contributed by atoms with Gasteiger partial charge in [-0.1, -0.05) is 90.4 Å². The van der Waals surface area contributed by atoms with Gasteiger partial charge in [0, 0.05) is 32.4 Å². The van der Waals surface area contributed by atoms with Crippen molar-refractivity contribution in [3.8, 4) is 5.75 Å². The Morgan fingerprint density at radius 2 is 0.984 bits per heavy atom. The predicted octanol–water partition coefficient (Wildman–Crippen LogP) is 8.05. The molecule has 0 radical (unpaired) electrons. The number of hydrogen-bond donors (Lipinski definition) is 3. The molecule has 0 heterocycles. The Labute approximate surface area is 367 Å². The second kappa shape index (κ2) is 36.4. The van der Waals surface area contributed by atoms with E-state index < -0.39 is 65.2 Å². The summed E-state index contributed by atoms with van der Waals surface area (Å²) >= 11 is 0. The summed E-state index contributed by atoms with van der Waals surface area (Å²) in [5.74, 6) is -16.8. The minimum absolute atomic E-state index is 0.0196. The van der Waals surface area contributed by atoms with Gasteiger partial charge in [-0.2, -0.15) is 8.78 Å². The fraction of sp³-hybridized carbons (Fsp3) is 0.750. The highest BCUT2D eigenvalue weighted by Gasteiger charge is 2.30. The summed E-state index contributed by atoms with van der Waals surface area (Å²) in [6.45, 7) is 3.61. The molecule has 1 rings (SSSR count). The van der Waals surface area contributed by atoms with Gasteiger partial charge < -0.3 is 44.1 Å². The molecule has 1 atom stereocenters. The van der Waals surface area contributed by atoms with E-state index >= 15 is 0 Å². The maximum absolute atomic E-state index is 13.6. The van der Waals surface area contributed by atoms with E-state index in [0.29, 0.717) is 25.8 Å². The molecule has 0 aromatic heterocycles. The highest BCUT2D eigenvalue weighted by Crippen LogP contribution is 2.29. The Bertz CT molecular complexity index is 1450. The van der Waals surface area contributed by atoms with Gasteiger partial charge in [-0.05, 0) is 25.7 Å². The summed E-state index contributed by atoms with van der Waals surface area (Å²) < 4.78 is 92.4. The van der Waals surface area contributed by atoms with Crippen molar-refractivity contribution in [2.45, 2.75) is 148 Å². The summed E-state index contributed by atoms with van der Waals surface area (Å²) in [5, 5.41) is 21.6. The Balaban J connectivity index is 2.28. The largest absolute Gasteiger partial charge is 0.481 e. The molecule has 0 saturated heterocycles. The average molecular weight is 913 g/mol. The van der Waals surface area contributed by atoms with Gasteiger partial charge in [0.05, 0.1) is 59.3 Å². The number of unbranched alkanes of at least 4 members (excludes halogenated alkanes) is 14. The fourth-order valence-corrected chi connectivity index (χ4v) is 6.42. The second-order valence-corrected chi connectivity index (χ2v) is 15.1. The van der Waals surface area contributed by atoms with Crippen LogP contribution in [0.2, 0.25) is 0 Å². The third-order valence-electron chi connectivity index (χ3n) is 9.93. The van der Waals surface area contributed by atoms with Crippen molar-refractivity contribution in [3.05, 3.63) is 29.1 Å². The maximum atomic E-state index is 13.6. The lowest BCUT2D eigenvalue weighted by atomic mass is 10.0. The molecular formula is C44H69F5N2O12. The van der Waals surface area contributed by atoms with Gasteiger partial charge in [0.2, 0.25) is 46.6 Å². The maximum Gasteiger partial charge on any atom is 0.326 e. The number of ether oxygens (including phenoxy) is 5. The van der Waals surface area contributed by atoms with Crippen LogP contribution in [0.1, 0.15) is 142 Å². The van der Waals surface area contributed by atoms with Crippen LogP contribution in [0.4, 0.5) is 22.0 Å². The number of nitrogens with zero attached hydrogens (tertiary/aromatic N) is 1. The van der Waals surface area contributed by atoms with Crippen molar-refractivity contribution in [1.29, 1.82) is 0 Å². The first kappa shape index (κ1) is 57.1. The quantitative estimate of drug-likeness (QED) is 0.0144. The van der Waals surface area contributed by atoms with Crippen molar-refractivity contribution in [2.24, 2.45) is 0 Å². The van der Waals surface area contributed by atoms with Crippen molar-refractivity contribution >= 4 is 29.7 Å². The van der Waals surface area contributed by atoms with E-state index in [1.54, 1.807) is 0 Å². The number of amides is 2. The van der Waals surface area contributed by atoms with Gasteiger partial charge in [-0.15, -0.1) is 0 Å². The van der Waals surface area contributed by atoms with E-state index in [2.05, 4.69) is 17.0 Å². The number of halogens is 5. The third-order valence-corrected chi connectivity index (χ3v) is 9.93. The lowest BCUT2D eigenvalue weighted by Gasteiger charge is -2.29. The summed E-state index contributed by atoms with van der Waals surface area (Å²) in [6, 6.07) is -1.12. The van der Waals surface area contributed by atoms with E-state index in [1.165, 1.54) is 37.0 Å². The molecule has 19 heteroatoms. The Morgan fingerprint density at radius 3 is 1.49 bits per heavy atom. The lowest BCUT2D eigenvalue weighted by Crippen LogP contribution is -2.46. The number of aliphatic carboxylic acids is 2. The van der Waals surface area contributed by atoms with E-state index in [-0.39, 0.29) is 96.9 Å². The van der Waals surface area contributed by atoms with E-state index in [4.69, 9.17) is 24.1 Å². The smallest absolute Gasteiger partial charge is 0.326 e. The SMILES string of the molecule is CCCCCCCCCCCN(C(=O)CCCCCCCCCC(=O)O)C(CCC(=O)NCCOCCOCCOCCOCCC(=O)Oc1c(F)c(F)c(F)c(F)c1F)C(=O)O. The van der Waals surface area contributed by atoms with Gasteiger partial charge >= 0.3 is 17.9 Å². The second-order valence-electron chi connectivity index (χ2n) is 15.1. The third kappa shape index (κ3) is 27.1. The number of carbonyl (C=O) groups excluding carboxylic acids is 3. The molecule has 2 amide bonds. The molecule has 14 nitrogen and oxygen atoms in total. The van der Waals surface area contributed by atoms with Crippen LogP contribution in [-0.4, -0.2) is 117 Å². The molecule has 1 aromatic rings. The first-order valence-corrected chi connectivity index (χ1v) is 22.4. The Hall–Kier alpha value is -3.94. The number of benzene rings is 1. The van der Waals surface area contributed by atoms with Crippen molar-refractivity contribution in [3.63, 3.8) is 0 Å². The minimum Gasteiger partial charge on any atom is -0.481 e. The number of carboxylic acids is 2. The van der Waals surface area contributed by atoms with Crippen LogP contribution in [0.3, 0.4) is 0 Å². The van der Waals surface area contributed by atoms with E-state index in [1.807, 2.05) is 0 Å². The molecule has 0 bridgehead atoms. The van der Waals surface area contributed by atoms with Crippen LogP contribution in [0.5, 0.6) is 5.75 Å². The summed E-state index contributed by atoms with van der Waals surface area (Å²) in [4.78, 5) is 62.2. The zero-order chi connectivity index (χ0) is 46.7. The highest BCUT2D eigenvalue weighted by atomic mass is 19.2. The van der Waals surface area contributed by atoms with Gasteiger partial charge in [-0.25, -0.2) is 18.0 Å². The van der Waals surface area contributed by atoms with Crippen LogP contribution in [0.15, 0.2) is 0 Å². The molecule has 0 aliphatic heterocycles. The molecule has 0 fully saturated rings. The van der Waals surface area contributed by atoms with Gasteiger partial charge in [-0.3, -0.25) is 19.2 Å². The van der Waals surface area contributed by atoms with Gasteiger partial charge in [0.1, 0.15) is 6.04 Å². The number of carbonyl (C=O) groups is 5. The molecule has 0 spiro atoms. The normalized spacial score (nSPS) is 11.7. The van der Waals surface area contributed by atoms with E-state index in [9.17, 15) is 51.0 Å². The fourth-order valence-electron chi connectivity index (χ4n) is 6.42. The monoisotopic (exact) mass is 912 g/mol. The molecule has 3 N–H and O–H groups in total. The lowest BCUT2D eigenvalue weighted by molar-refractivity contribution is -0.151. The number of hydrogen-bond acceptors (Lipinski definition) is 10. The highest BCUT2D eigenvalue weighted by molar-refractivity contribution is 5.84. The number of rotatable bonds is 41. The first-order valence-electron chi connectivity index (χ1n) is 22.4. The summed E-state index contributed by atoms with van der Waals surface area (Å²) in [5.41, 5.74) is 0. The van der Waals surface area contributed by atoms with E-state index in [0.717, 1.165) is 51.4 Å². The summed E-state index contributed by atoms with van der Waals surface area (Å²) in [6.07, 6.45) is 15.3. The number of carboxylic acid groups (broad SMARTS) is 2. The number of nitrogens with one attached hydrogen (secondary N) is 1. The van der Waals surface area contributed by atoms with Crippen molar-refractivity contribution in [1.82, 2.24) is 10.2 Å². The van der Waals surface area contributed by atoms with Gasteiger partial charge in [0.25, 0.3) is 0 Å². The number of esters is 1. The molecule has 0 aliphatic rings. The van der Waals surface area contributed by atoms with Crippen molar-refractivity contribution in [2.75, 3.05) is 65.9 Å². The minimum atomic E-state index is -2.37. The molecule has 0 aliphatic carbocycles. The van der Waals surface area contributed by atoms with Gasteiger partial charge in [0.15, 0.2) is 0 Å². The molecule has 362 valence electrons. The first-order chi connectivity index (χ1) is 30.3. The Kier molecular flexibility index (Phi) is 33.0. The zero-order valence-electron chi connectivity index (χ0n) is 36.8. The van der Waals surface area contributed by atoms with Crippen LogP contribution in [-0.2, 0) is 42.9 Å². The molecule has 63 heavy (non-hydrogen) atoms. The zero-order valence-corrected chi connectivity index (χ0v) is 36.8. The molecular weight excluding hydrogens is 843 g/mol. The average Bonchev–Trinajstić information content (AvgIpc) is 3.25. The van der Waals surface area contributed by atoms with Crippen LogP contribution >= 0.6 is 0 Å². The standard InChI is InChI=1S/C44H69F5N2O12/c1-2-3-4-5-6-7-11-14-17-24-51(35(53)18-15-12-9-8-10-13-16-19-36(54)55)33(44(57)58)20-21-34(52)50-23-26-60-28-30-62-32-31-61-29-27-59-25-22-37(56)63-43-41(48)39(46)38(45)40(47)42(43)49/h33H,2-32H2,1H3,(H,50,52)(H,54,55)(H,57,58). The summed E-state index contributed by atoms with van der Waals surface area (Å²) in [7, 11) is 0. The Morgan fingerprint density at radius 1 is 0.540 bits per heavy atom. The molecule has 1 unspecified atom stereocenters. The van der Waals surface area contributed by atoms with Crippen molar-refractivity contribution < 1.29 is 79.8 Å². The van der Waals surface area contributed by atoms with Crippen LogP contribution in [0, 0.1) is 29.1 Å². The topological polar surface area (TPSA) is 187 Å².